The van der Waals surface area contributed by atoms with Crippen molar-refractivity contribution in [3.63, 3.8) is 0 Å². The highest BCUT2D eigenvalue weighted by molar-refractivity contribution is 5.83. The number of carbonyl (C=O) groups is 1. The van der Waals surface area contributed by atoms with Gasteiger partial charge in [0.1, 0.15) is 6.04 Å². The van der Waals surface area contributed by atoms with Crippen molar-refractivity contribution in [3.8, 4) is 0 Å². The average molecular weight is 368 g/mol. The summed E-state index contributed by atoms with van der Waals surface area (Å²) in [5, 5.41) is 3.18. The number of amides is 1. The van der Waals surface area contributed by atoms with Gasteiger partial charge in [0.2, 0.25) is 5.91 Å². The first-order valence-electron chi connectivity index (χ1n) is 9.76. The molecule has 4 nitrogen and oxygen atoms in total. The van der Waals surface area contributed by atoms with E-state index in [0.717, 1.165) is 18.5 Å². The van der Waals surface area contributed by atoms with Gasteiger partial charge in [-0.05, 0) is 50.8 Å². The van der Waals surface area contributed by atoms with Crippen LogP contribution in [0.15, 0.2) is 54.6 Å². The van der Waals surface area contributed by atoms with Crippen LogP contribution >= 0.6 is 0 Å². The summed E-state index contributed by atoms with van der Waals surface area (Å²) in [5.74, 6) is 0.0441. The van der Waals surface area contributed by atoms with Gasteiger partial charge in [-0.25, -0.2) is 0 Å². The van der Waals surface area contributed by atoms with Crippen molar-refractivity contribution >= 4 is 5.91 Å². The maximum atomic E-state index is 13.0. The van der Waals surface area contributed by atoms with Crippen LogP contribution in [-0.2, 0) is 11.2 Å². The number of nitrogens with one attached hydrogen (secondary N) is 1. The van der Waals surface area contributed by atoms with Gasteiger partial charge in [-0.3, -0.25) is 9.69 Å². The molecule has 2 aromatic rings. The maximum absolute atomic E-state index is 13.0. The number of aryl methyl sites for hydroxylation is 1. The van der Waals surface area contributed by atoms with Crippen LogP contribution in [0.3, 0.4) is 0 Å². The smallest absolute Gasteiger partial charge is 0.242 e. The molecule has 2 atom stereocenters. The van der Waals surface area contributed by atoms with E-state index in [9.17, 15) is 4.79 Å². The third kappa shape index (κ3) is 5.65. The van der Waals surface area contributed by atoms with E-state index in [0.29, 0.717) is 6.54 Å². The Bertz CT molecular complexity index is 697. The van der Waals surface area contributed by atoms with Crippen molar-refractivity contribution in [2.24, 2.45) is 0 Å². The zero-order valence-corrected chi connectivity index (χ0v) is 17.3. The van der Waals surface area contributed by atoms with Gasteiger partial charge in [0, 0.05) is 6.54 Å². The molecule has 0 saturated carbocycles. The Balaban J connectivity index is 2.13. The Morgan fingerprint density at radius 1 is 0.926 bits per heavy atom. The lowest BCUT2D eigenvalue weighted by Gasteiger charge is -2.29. The Morgan fingerprint density at radius 2 is 1.56 bits per heavy atom. The van der Waals surface area contributed by atoms with Crippen molar-refractivity contribution < 1.29 is 4.79 Å². The second-order valence-corrected chi connectivity index (χ2v) is 7.21. The molecule has 0 aliphatic rings. The van der Waals surface area contributed by atoms with Gasteiger partial charge in [0.25, 0.3) is 0 Å². The first-order valence-corrected chi connectivity index (χ1v) is 9.76. The third-order valence-electron chi connectivity index (χ3n) is 5.17. The summed E-state index contributed by atoms with van der Waals surface area (Å²) >= 11 is 0. The molecule has 4 heteroatoms. The Labute approximate surface area is 164 Å². The minimum Gasteiger partial charge on any atom is -0.353 e. The van der Waals surface area contributed by atoms with E-state index in [1.165, 1.54) is 11.1 Å². The molecule has 0 radical (unpaired) electrons. The summed E-state index contributed by atoms with van der Waals surface area (Å²) in [4.78, 5) is 17.3. The number of likely N-dealkylation sites (N-methyl/N-ethyl adjacent to an activating group) is 2. The lowest BCUT2D eigenvalue weighted by atomic mass is 10.0. The quantitative estimate of drug-likeness (QED) is 0.735. The van der Waals surface area contributed by atoms with Gasteiger partial charge in [-0.1, -0.05) is 68.4 Å². The Kier molecular flexibility index (Phi) is 8.01. The molecule has 2 aromatic carbocycles. The summed E-state index contributed by atoms with van der Waals surface area (Å²) < 4.78 is 0. The van der Waals surface area contributed by atoms with Crippen LogP contribution in [0.1, 0.15) is 42.6 Å². The van der Waals surface area contributed by atoms with Gasteiger partial charge in [-0.15, -0.1) is 0 Å². The summed E-state index contributed by atoms with van der Waals surface area (Å²) in [6, 6.07) is 18.5. The van der Waals surface area contributed by atoms with Crippen molar-refractivity contribution in [1.29, 1.82) is 0 Å². The number of hydrogen-bond donors (Lipinski definition) is 1. The Morgan fingerprint density at radius 3 is 2.07 bits per heavy atom. The van der Waals surface area contributed by atoms with E-state index in [1.54, 1.807) is 0 Å². The number of carbonyl (C=O) groups excluding carboxylic acids is 1. The SMILES string of the molecule is CCc1ccc(C(CNC(=O)C(c2ccccc2)N(C)CC)N(C)C)cc1. The second-order valence-electron chi connectivity index (χ2n) is 7.21. The largest absolute Gasteiger partial charge is 0.353 e. The average Bonchev–Trinajstić information content (AvgIpc) is 2.69. The van der Waals surface area contributed by atoms with E-state index >= 15 is 0 Å². The predicted molar refractivity (Wildman–Crippen MR) is 113 cm³/mol. The number of nitrogens with zero attached hydrogens (tertiary/aromatic N) is 2. The molecule has 0 aromatic heterocycles. The van der Waals surface area contributed by atoms with E-state index < -0.39 is 0 Å². The minimum atomic E-state index is -0.276. The van der Waals surface area contributed by atoms with Crippen LogP contribution in [0.4, 0.5) is 0 Å². The summed E-state index contributed by atoms with van der Waals surface area (Å²) in [6.45, 7) is 5.62. The van der Waals surface area contributed by atoms with Crippen molar-refractivity contribution in [2.45, 2.75) is 32.4 Å². The van der Waals surface area contributed by atoms with Gasteiger partial charge < -0.3 is 10.2 Å². The molecule has 27 heavy (non-hydrogen) atoms. The minimum absolute atomic E-state index is 0.0441. The fourth-order valence-corrected chi connectivity index (χ4v) is 3.29. The molecular weight excluding hydrogens is 334 g/mol. The highest BCUT2D eigenvalue weighted by Crippen LogP contribution is 2.21. The third-order valence-corrected chi connectivity index (χ3v) is 5.17. The molecule has 0 aliphatic carbocycles. The molecule has 0 fully saturated rings. The molecule has 0 aliphatic heterocycles. The summed E-state index contributed by atoms with van der Waals surface area (Å²) in [5.41, 5.74) is 3.57. The summed E-state index contributed by atoms with van der Waals surface area (Å²) in [7, 11) is 6.10. The monoisotopic (exact) mass is 367 g/mol. The normalized spacial score (nSPS) is 13.6. The Hall–Kier alpha value is -2.17. The number of hydrogen-bond acceptors (Lipinski definition) is 3. The zero-order valence-electron chi connectivity index (χ0n) is 17.3. The standard InChI is InChI=1S/C23H33N3O/c1-6-18-13-15-19(16-14-18)21(25(3)4)17-24-23(27)22(26(5)7-2)20-11-9-8-10-12-20/h8-16,21-22H,6-7,17H2,1-5H3,(H,24,27). The van der Waals surface area contributed by atoms with Crippen molar-refractivity contribution in [3.05, 3.63) is 71.3 Å². The molecule has 0 saturated heterocycles. The molecule has 1 amide bonds. The fraction of sp³-hybridized carbons (Fsp3) is 0.435. The predicted octanol–water partition coefficient (Wildman–Crippen LogP) is 3.66. The lowest BCUT2D eigenvalue weighted by Crippen LogP contribution is -2.42. The summed E-state index contributed by atoms with van der Waals surface area (Å²) in [6.07, 6.45) is 1.03. The van der Waals surface area contributed by atoms with E-state index in [-0.39, 0.29) is 18.0 Å². The van der Waals surface area contributed by atoms with E-state index in [2.05, 4.69) is 67.3 Å². The van der Waals surface area contributed by atoms with E-state index in [4.69, 9.17) is 0 Å². The second kappa shape index (κ2) is 10.2. The molecule has 1 N–H and O–H groups in total. The molecule has 2 rings (SSSR count). The molecule has 0 bridgehead atoms. The molecule has 146 valence electrons. The van der Waals surface area contributed by atoms with Gasteiger partial charge in [0.05, 0.1) is 6.04 Å². The van der Waals surface area contributed by atoms with E-state index in [1.807, 2.05) is 37.4 Å². The van der Waals surface area contributed by atoms with Crippen LogP contribution in [0.25, 0.3) is 0 Å². The van der Waals surface area contributed by atoms with Crippen LogP contribution in [0.2, 0.25) is 0 Å². The topological polar surface area (TPSA) is 35.6 Å². The van der Waals surface area contributed by atoms with Gasteiger partial charge in [-0.2, -0.15) is 0 Å². The number of rotatable bonds is 9. The maximum Gasteiger partial charge on any atom is 0.242 e. The van der Waals surface area contributed by atoms with Crippen LogP contribution in [0.5, 0.6) is 0 Å². The highest BCUT2D eigenvalue weighted by Gasteiger charge is 2.25. The molecule has 0 heterocycles. The van der Waals surface area contributed by atoms with Crippen molar-refractivity contribution in [1.82, 2.24) is 15.1 Å². The van der Waals surface area contributed by atoms with Crippen LogP contribution in [0, 0.1) is 0 Å². The first kappa shape index (κ1) is 21.1. The molecule has 0 spiro atoms. The molecular formula is C23H33N3O. The number of benzene rings is 2. The zero-order chi connectivity index (χ0) is 19.8. The first-order chi connectivity index (χ1) is 13.0. The van der Waals surface area contributed by atoms with Crippen molar-refractivity contribution in [2.75, 3.05) is 34.2 Å². The van der Waals surface area contributed by atoms with Gasteiger partial charge >= 0.3 is 0 Å². The van der Waals surface area contributed by atoms with Crippen LogP contribution < -0.4 is 5.32 Å². The van der Waals surface area contributed by atoms with Crippen LogP contribution in [-0.4, -0.2) is 49.9 Å². The van der Waals surface area contributed by atoms with Gasteiger partial charge in [0.15, 0.2) is 0 Å². The molecule has 2 unspecified atom stereocenters. The fourth-order valence-electron chi connectivity index (χ4n) is 3.29. The lowest BCUT2D eigenvalue weighted by molar-refractivity contribution is -0.126. The highest BCUT2D eigenvalue weighted by atomic mass is 16.2.